The summed E-state index contributed by atoms with van der Waals surface area (Å²) in [5.74, 6) is 0.0681. The van der Waals surface area contributed by atoms with E-state index in [1.54, 1.807) is 12.1 Å². The molecule has 1 aliphatic carbocycles. The van der Waals surface area contributed by atoms with Crippen molar-refractivity contribution >= 4 is 29.0 Å². The highest BCUT2D eigenvalue weighted by Gasteiger charge is 2.25. The molecule has 0 bridgehead atoms. The minimum atomic E-state index is -0.277. The number of benzene rings is 2. The molecule has 1 amide bonds. The van der Waals surface area contributed by atoms with Crippen LogP contribution in [-0.4, -0.2) is 11.7 Å². The second kappa shape index (κ2) is 7.63. The number of Topliss-reactive ketones (excluding diaryl/α,β-unsaturated/α-hetero) is 1. The van der Waals surface area contributed by atoms with Crippen LogP contribution in [0.5, 0.6) is 0 Å². The Bertz CT molecular complexity index is 737. The van der Waals surface area contributed by atoms with Gasteiger partial charge in [-0.25, -0.2) is 0 Å². The average Bonchev–Trinajstić information content (AvgIpc) is 3.10. The first-order valence-corrected chi connectivity index (χ1v) is 8.69. The Morgan fingerprint density at radius 3 is 2.42 bits per heavy atom. The molecule has 1 aliphatic rings. The van der Waals surface area contributed by atoms with Gasteiger partial charge < -0.3 is 5.32 Å². The van der Waals surface area contributed by atoms with E-state index >= 15 is 0 Å². The Kier molecular flexibility index (Phi) is 5.31. The van der Waals surface area contributed by atoms with E-state index in [2.05, 4.69) is 5.32 Å². The molecule has 1 fully saturated rings. The molecule has 3 rings (SSSR count). The summed E-state index contributed by atoms with van der Waals surface area (Å²) in [5, 5.41) is 3.22. The number of rotatable bonds is 5. The van der Waals surface area contributed by atoms with Crippen molar-refractivity contribution in [3.8, 4) is 0 Å². The molecule has 2 aromatic carbocycles. The SMILES string of the molecule is O=C(Nc1ccccc1)c1c(Cl)cccc1CC(=O)C1CCCC1. The van der Waals surface area contributed by atoms with Gasteiger partial charge in [-0.15, -0.1) is 0 Å². The Morgan fingerprint density at radius 1 is 1.00 bits per heavy atom. The monoisotopic (exact) mass is 341 g/mol. The molecule has 0 spiro atoms. The lowest BCUT2D eigenvalue weighted by Crippen LogP contribution is -2.19. The molecular formula is C20H20ClNO2. The van der Waals surface area contributed by atoms with Crippen LogP contribution in [0.15, 0.2) is 48.5 Å². The molecular weight excluding hydrogens is 322 g/mol. The predicted molar refractivity (Wildman–Crippen MR) is 96.5 cm³/mol. The second-order valence-corrected chi connectivity index (χ2v) is 6.63. The minimum Gasteiger partial charge on any atom is -0.322 e. The van der Waals surface area contributed by atoms with Gasteiger partial charge in [0.25, 0.3) is 5.91 Å². The molecule has 3 nitrogen and oxygen atoms in total. The van der Waals surface area contributed by atoms with Crippen LogP contribution >= 0.6 is 11.6 Å². The van der Waals surface area contributed by atoms with Crippen molar-refractivity contribution in [2.45, 2.75) is 32.1 Å². The van der Waals surface area contributed by atoms with E-state index in [1.807, 2.05) is 36.4 Å². The third-order valence-corrected chi connectivity index (χ3v) is 4.85. The molecule has 0 saturated heterocycles. The fourth-order valence-corrected chi connectivity index (χ4v) is 3.55. The van der Waals surface area contributed by atoms with Crippen LogP contribution in [0.25, 0.3) is 0 Å². The van der Waals surface area contributed by atoms with Gasteiger partial charge in [0.2, 0.25) is 0 Å². The van der Waals surface area contributed by atoms with Crippen LogP contribution < -0.4 is 5.32 Å². The molecule has 1 N–H and O–H groups in total. The Hall–Kier alpha value is -2.13. The summed E-state index contributed by atoms with van der Waals surface area (Å²) in [4.78, 5) is 25.1. The second-order valence-electron chi connectivity index (χ2n) is 6.22. The maximum Gasteiger partial charge on any atom is 0.257 e. The summed E-state index contributed by atoms with van der Waals surface area (Å²) in [6.07, 6.45) is 4.43. The third-order valence-electron chi connectivity index (χ3n) is 4.53. The van der Waals surface area contributed by atoms with E-state index in [0.29, 0.717) is 21.8 Å². The van der Waals surface area contributed by atoms with Gasteiger partial charge in [0, 0.05) is 18.0 Å². The normalized spacial score (nSPS) is 14.5. The van der Waals surface area contributed by atoms with Gasteiger partial charge in [0.05, 0.1) is 10.6 Å². The van der Waals surface area contributed by atoms with Gasteiger partial charge in [-0.05, 0) is 36.6 Å². The number of carbonyl (C=O) groups excluding carboxylic acids is 2. The molecule has 0 aromatic heterocycles. The number of anilines is 1. The number of ketones is 1. The maximum absolute atomic E-state index is 12.7. The summed E-state index contributed by atoms with van der Waals surface area (Å²) in [7, 11) is 0. The smallest absolute Gasteiger partial charge is 0.257 e. The molecule has 0 atom stereocenters. The van der Waals surface area contributed by atoms with Crippen LogP contribution in [0.3, 0.4) is 0 Å². The van der Waals surface area contributed by atoms with Crippen molar-refractivity contribution in [1.29, 1.82) is 0 Å². The molecule has 124 valence electrons. The van der Waals surface area contributed by atoms with Crippen molar-refractivity contribution < 1.29 is 9.59 Å². The van der Waals surface area contributed by atoms with Crippen LogP contribution in [0.1, 0.15) is 41.6 Å². The van der Waals surface area contributed by atoms with Gasteiger partial charge >= 0.3 is 0 Å². The molecule has 0 heterocycles. The van der Waals surface area contributed by atoms with E-state index in [-0.39, 0.29) is 24.0 Å². The summed E-state index contributed by atoms with van der Waals surface area (Å²) in [6, 6.07) is 14.5. The number of hydrogen-bond acceptors (Lipinski definition) is 2. The van der Waals surface area contributed by atoms with Gasteiger partial charge in [0.1, 0.15) is 5.78 Å². The summed E-state index contributed by atoms with van der Waals surface area (Å²) < 4.78 is 0. The molecule has 0 radical (unpaired) electrons. The van der Waals surface area contributed by atoms with E-state index in [4.69, 9.17) is 11.6 Å². The third kappa shape index (κ3) is 3.85. The van der Waals surface area contributed by atoms with Gasteiger partial charge in [-0.2, -0.15) is 0 Å². The van der Waals surface area contributed by atoms with Crippen molar-refractivity contribution in [1.82, 2.24) is 0 Å². The number of halogens is 1. The number of amides is 1. The summed E-state index contributed by atoms with van der Waals surface area (Å²) in [6.45, 7) is 0. The zero-order valence-corrected chi connectivity index (χ0v) is 14.2. The minimum absolute atomic E-state index is 0.133. The fraction of sp³-hybridized carbons (Fsp3) is 0.300. The van der Waals surface area contributed by atoms with Crippen LogP contribution in [0.2, 0.25) is 5.02 Å². The van der Waals surface area contributed by atoms with Gasteiger partial charge in [-0.1, -0.05) is 54.8 Å². The van der Waals surface area contributed by atoms with Gasteiger partial charge in [-0.3, -0.25) is 9.59 Å². The van der Waals surface area contributed by atoms with Crippen molar-refractivity contribution in [3.05, 3.63) is 64.7 Å². The number of nitrogens with one attached hydrogen (secondary N) is 1. The highest BCUT2D eigenvalue weighted by molar-refractivity contribution is 6.34. The topological polar surface area (TPSA) is 46.2 Å². The Labute approximate surface area is 147 Å². The van der Waals surface area contributed by atoms with Gasteiger partial charge in [0.15, 0.2) is 0 Å². The van der Waals surface area contributed by atoms with Crippen LogP contribution in [-0.2, 0) is 11.2 Å². The number of hydrogen-bond donors (Lipinski definition) is 1. The van der Waals surface area contributed by atoms with Crippen molar-refractivity contribution in [2.24, 2.45) is 5.92 Å². The van der Waals surface area contributed by atoms with E-state index in [0.717, 1.165) is 25.7 Å². The first kappa shape index (κ1) is 16.7. The van der Waals surface area contributed by atoms with E-state index in [9.17, 15) is 9.59 Å². The zero-order chi connectivity index (χ0) is 16.9. The van der Waals surface area contributed by atoms with E-state index < -0.39 is 0 Å². The largest absolute Gasteiger partial charge is 0.322 e. The fourth-order valence-electron chi connectivity index (χ4n) is 3.27. The molecule has 4 heteroatoms. The van der Waals surface area contributed by atoms with E-state index in [1.165, 1.54) is 0 Å². The molecule has 0 aliphatic heterocycles. The highest BCUT2D eigenvalue weighted by atomic mass is 35.5. The molecule has 0 unspecified atom stereocenters. The lowest BCUT2D eigenvalue weighted by atomic mass is 9.94. The molecule has 24 heavy (non-hydrogen) atoms. The number of para-hydroxylation sites is 1. The predicted octanol–water partition coefficient (Wildman–Crippen LogP) is 4.89. The van der Waals surface area contributed by atoms with Crippen molar-refractivity contribution in [2.75, 3.05) is 5.32 Å². The Morgan fingerprint density at radius 2 is 1.71 bits per heavy atom. The average molecular weight is 342 g/mol. The lowest BCUT2D eigenvalue weighted by Gasteiger charge is -2.13. The lowest BCUT2D eigenvalue weighted by molar-refractivity contribution is -0.122. The first-order valence-electron chi connectivity index (χ1n) is 8.31. The standard InChI is InChI=1S/C20H20ClNO2/c21-17-12-6-9-15(13-18(23)14-7-4-5-8-14)19(17)20(24)22-16-10-2-1-3-11-16/h1-3,6,9-12,14H,4-5,7-8,13H2,(H,22,24). The van der Waals surface area contributed by atoms with Crippen molar-refractivity contribution in [3.63, 3.8) is 0 Å². The molecule has 2 aromatic rings. The highest BCUT2D eigenvalue weighted by Crippen LogP contribution is 2.28. The Balaban J connectivity index is 1.81. The zero-order valence-electron chi connectivity index (χ0n) is 13.4. The first-order chi connectivity index (χ1) is 11.6. The number of carbonyl (C=O) groups is 2. The molecule has 1 saturated carbocycles. The summed E-state index contributed by atoms with van der Waals surface area (Å²) >= 11 is 6.26. The summed E-state index contributed by atoms with van der Waals surface area (Å²) in [5.41, 5.74) is 1.80. The van der Waals surface area contributed by atoms with Crippen LogP contribution in [0, 0.1) is 5.92 Å². The quantitative estimate of drug-likeness (QED) is 0.841. The maximum atomic E-state index is 12.7. The van der Waals surface area contributed by atoms with Crippen LogP contribution in [0.4, 0.5) is 5.69 Å².